The van der Waals surface area contributed by atoms with Crippen LogP contribution in [0.5, 0.6) is 0 Å². The number of ketones is 1. The standard InChI is InChI=1S/C8H11NOS/c1-6(10)5-7(9)8-3-2-4-11-8/h2-4,7H,5,9H2,1H3/t7-/m0/s1. The van der Waals surface area contributed by atoms with Gasteiger partial charge in [0, 0.05) is 17.3 Å². The largest absolute Gasteiger partial charge is 0.323 e. The molecule has 0 saturated carbocycles. The molecule has 1 rings (SSSR count). The molecule has 60 valence electrons. The molecule has 3 heteroatoms. The summed E-state index contributed by atoms with van der Waals surface area (Å²) < 4.78 is 0. The lowest BCUT2D eigenvalue weighted by molar-refractivity contribution is -0.117. The van der Waals surface area contributed by atoms with E-state index in [0.29, 0.717) is 6.42 Å². The van der Waals surface area contributed by atoms with Crippen molar-refractivity contribution < 1.29 is 4.79 Å². The first kappa shape index (κ1) is 8.43. The molecule has 1 atom stereocenters. The fourth-order valence-corrected chi connectivity index (χ4v) is 1.64. The van der Waals surface area contributed by atoms with Gasteiger partial charge >= 0.3 is 0 Å². The van der Waals surface area contributed by atoms with E-state index < -0.39 is 0 Å². The van der Waals surface area contributed by atoms with Crippen LogP contribution in [0.4, 0.5) is 0 Å². The van der Waals surface area contributed by atoms with E-state index in [0.717, 1.165) is 4.88 Å². The Morgan fingerprint density at radius 3 is 3.00 bits per heavy atom. The molecule has 0 aliphatic heterocycles. The van der Waals surface area contributed by atoms with Crippen LogP contribution in [0.15, 0.2) is 17.5 Å². The summed E-state index contributed by atoms with van der Waals surface area (Å²) in [6.45, 7) is 1.56. The third-order valence-electron chi connectivity index (χ3n) is 1.42. The summed E-state index contributed by atoms with van der Waals surface area (Å²) >= 11 is 1.60. The van der Waals surface area contributed by atoms with Gasteiger partial charge in [0.1, 0.15) is 5.78 Å². The van der Waals surface area contributed by atoms with E-state index in [1.165, 1.54) is 0 Å². The zero-order valence-electron chi connectivity index (χ0n) is 6.41. The summed E-state index contributed by atoms with van der Waals surface area (Å²) in [6.07, 6.45) is 0.445. The number of rotatable bonds is 3. The second-order valence-corrected chi connectivity index (χ2v) is 3.51. The number of hydrogen-bond donors (Lipinski definition) is 1. The molecule has 1 heterocycles. The van der Waals surface area contributed by atoms with Crippen LogP contribution >= 0.6 is 11.3 Å². The molecule has 2 nitrogen and oxygen atoms in total. The molecule has 0 unspecified atom stereocenters. The first-order valence-electron chi connectivity index (χ1n) is 3.48. The lowest BCUT2D eigenvalue weighted by Gasteiger charge is -2.04. The highest BCUT2D eigenvalue weighted by Gasteiger charge is 2.08. The number of hydrogen-bond acceptors (Lipinski definition) is 3. The van der Waals surface area contributed by atoms with Crippen molar-refractivity contribution in [2.45, 2.75) is 19.4 Å². The quantitative estimate of drug-likeness (QED) is 0.748. The summed E-state index contributed by atoms with van der Waals surface area (Å²) in [5.74, 6) is 0.144. The Bertz CT molecular complexity index is 230. The highest BCUT2D eigenvalue weighted by molar-refractivity contribution is 7.10. The van der Waals surface area contributed by atoms with Crippen molar-refractivity contribution in [3.63, 3.8) is 0 Å². The topological polar surface area (TPSA) is 43.1 Å². The number of carbonyl (C=O) groups is 1. The first-order chi connectivity index (χ1) is 5.20. The van der Waals surface area contributed by atoms with Gasteiger partial charge in [0.15, 0.2) is 0 Å². The lowest BCUT2D eigenvalue weighted by Crippen LogP contribution is -2.11. The van der Waals surface area contributed by atoms with Crippen LogP contribution in [-0.2, 0) is 4.79 Å². The van der Waals surface area contributed by atoms with Crippen molar-refractivity contribution in [1.29, 1.82) is 0 Å². The summed E-state index contributed by atoms with van der Waals surface area (Å²) in [6, 6.07) is 3.80. The Morgan fingerprint density at radius 1 is 1.82 bits per heavy atom. The molecule has 1 aromatic heterocycles. The van der Waals surface area contributed by atoms with Crippen molar-refractivity contribution in [3.05, 3.63) is 22.4 Å². The maximum absolute atomic E-state index is 10.7. The molecular formula is C8H11NOS. The van der Waals surface area contributed by atoms with Crippen LogP contribution in [0.25, 0.3) is 0 Å². The van der Waals surface area contributed by atoms with Crippen LogP contribution in [0.1, 0.15) is 24.3 Å². The number of carbonyl (C=O) groups excluding carboxylic acids is 1. The smallest absolute Gasteiger partial charge is 0.131 e. The molecule has 0 fully saturated rings. The Morgan fingerprint density at radius 2 is 2.55 bits per heavy atom. The van der Waals surface area contributed by atoms with E-state index in [4.69, 9.17) is 5.73 Å². The fraction of sp³-hybridized carbons (Fsp3) is 0.375. The number of thiophene rings is 1. The average Bonchev–Trinajstić information content (AvgIpc) is 2.35. The summed E-state index contributed by atoms with van der Waals surface area (Å²) in [5, 5.41) is 1.97. The van der Waals surface area contributed by atoms with Gasteiger partial charge in [-0.3, -0.25) is 4.79 Å². The van der Waals surface area contributed by atoms with Crippen molar-refractivity contribution in [1.82, 2.24) is 0 Å². The van der Waals surface area contributed by atoms with Gasteiger partial charge in [-0.2, -0.15) is 0 Å². The maximum atomic E-state index is 10.7. The monoisotopic (exact) mass is 169 g/mol. The van der Waals surface area contributed by atoms with Crippen LogP contribution in [0, 0.1) is 0 Å². The van der Waals surface area contributed by atoms with E-state index >= 15 is 0 Å². The molecule has 0 spiro atoms. The highest BCUT2D eigenvalue weighted by atomic mass is 32.1. The zero-order chi connectivity index (χ0) is 8.27. The zero-order valence-corrected chi connectivity index (χ0v) is 7.23. The van der Waals surface area contributed by atoms with E-state index in [1.54, 1.807) is 18.3 Å². The van der Waals surface area contributed by atoms with Crippen LogP contribution < -0.4 is 5.73 Å². The molecule has 0 saturated heterocycles. The van der Waals surface area contributed by atoms with Crippen LogP contribution in [0.2, 0.25) is 0 Å². The average molecular weight is 169 g/mol. The molecule has 0 amide bonds. The van der Waals surface area contributed by atoms with E-state index in [2.05, 4.69) is 0 Å². The molecular weight excluding hydrogens is 158 g/mol. The molecule has 0 aliphatic carbocycles. The summed E-state index contributed by atoms with van der Waals surface area (Å²) in [5.41, 5.74) is 5.73. The minimum absolute atomic E-state index is 0.104. The van der Waals surface area contributed by atoms with Crippen molar-refractivity contribution >= 4 is 17.1 Å². The van der Waals surface area contributed by atoms with Gasteiger partial charge in [-0.05, 0) is 18.4 Å². The Balaban J connectivity index is 2.56. The van der Waals surface area contributed by atoms with E-state index in [1.807, 2.05) is 17.5 Å². The minimum atomic E-state index is -0.104. The molecule has 0 aliphatic rings. The predicted molar refractivity (Wildman–Crippen MR) is 46.5 cm³/mol. The third-order valence-corrected chi connectivity index (χ3v) is 2.42. The van der Waals surface area contributed by atoms with Crippen molar-refractivity contribution in [2.75, 3.05) is 0 Å². The van der Waals surface area contributed by atoms with Gasteiger partial charge in [0.05, 0.1) is 0 Å². The molecule has 0 bridgehead atoms. The Labute approximate surface area is 70.0 Å². The van der Waals surface area contributed by atoms with Crippen LogP contribution in [0.3, 0.4) is 0 Å². The van der Waals surface area contributed by atoms with Gasteiger partial charge in [-0.15, -0.1) is 11.3 Å². The van der Waals surface area contributed by atoms with Gasteiger partial charge < -0.3 is 5.73 Å². The Hall–Kier alpha value is -0.670. The van der Waals surface area contributed by atoms with E-state index in [-0.39, 0.29) is 11.8 Å². The lowest BCUT2D eigenvalue weighted by atomic mass is 10.1. The summed E-state index contributed by atoms with van der Waals surface area (Å²) in [4.78, 5) is 11.8. The molecule has 2 N–H and O–H groups in total. The van der Waals surface area contributed by atoms with Crippen LogP contribution in [-0.4, -0.2) is 5.78 Å². The molecule has 1 aromatic rings. The fourth-order valence-electron chi connectivity index (χ4n) is 0.913. The molecule has 0 radical (unpaired) electrons. The van der Waals surface area contributed by atoms with Crippen molar-refractivity contribution in [2.24, 2.45) is 5.73 Å². The van der Waals surface area contributed by atoms with Crippen molar-refractivity contribution in [3.8, 4) is 0 Å². The molecule has 0 aromatic carbocycles. The minimum Gasteiger partial charge on any atom is -0.323 e. The van der Waals surface area contributed by atoms with Gasteiger partial charge in [-0.1, -0.05) is 6.07 Å². The van der Waals surface area contributed by atoms with Gasteiger partial charge in [-0.25, -0.2) is 0 Å². The molecule has 11 heavy (non-hydrogen) atoms. The highest BCUT2D eigenvalue weighted by Crippen LogP contribution is 2.19. The normalized spacial score (nSPS) is 12.9. The summed E-state index contributed by atoms with van der Waals surface area (Å²) in [7, 11) is 0. The predicted octanol–water partition coefficient (Wildman–Crippen LogP) is 1.73. The SMILES string of the molecule is CC(=O)C[C@H](N)c1cccs1. The first-order valence-corrected chi connectivity index (χ1v) is 4.36. The second-order valence-electron chi connectivity index (χ2n) is 2.53. The number of nitrogens with two attached hydrogens (primary N) is 1. The Kier molecular flexibility index (Phi) is 2.79. The third kappa shape index (κ3) is 2.44. The van der Waals surface area contributed by atoms with E-state index in [9.17, 15) is 4.79 Å². The second kappa shape index (κ2) is 3.64. The van der Waals surface area contributed by atoms with Gasteiger partial charge in [0.25, 0.3) is 0 Å². The van der Waals surface area contributed by atoms with Gasteiger partial charge in [0.2, 0.25) is 0 Å². The number of Topliss-reactive ketones (excluding diaryl/α,β-unsaturated/α-hetero) is 1. The maximum Gasteiger partial charge on any atom is 0.131 e.